The highest BCUT2D eigenvalue weighted by atomic mass is 32.1. The van der Waals surface area contributed by atoms with Crippen LogP contribution in [0, 0.1) is 5.82 Å². The summed E-state index contributed by atoms with van der Waals surface area (Å²) in [5, 5.41) is 2.01. The number of ether oxygens (including phenoxy) is 2. The smallest absolute Gasteiger partial charge is 0.254 e. The Morgan fingerprint density at radius 3 is 2.61 bits per heavy atom. The molecule has 2 atom stereocenters. The minimum atomic E-state index is -0.440. The van der Waals surface area contributed by atoms with Gasteiger partial charge in [-0.3, -0.25) is 9.59 Å². The first-order chi connectivity index (χ1) is 17.4. The summed E-state index contributed by atoms with van der Waals surface area (Å²) in [6, 6.07) is 14.7. The van der Waals surface area contributed by atoms with Gasteiger partial charge in [-0.15, -0.1) is 11.3 Å². The van der Waals surface area contributed by atoms with Gasteiger partial charge in [-0.2, -0.15) is 0 Å². The lowest BCUT2D eigenvalue weighted by Crippen LogP contribution is -2.49. The first-order valence-electron chi connectivity index (χ1n) is 12.1. The van der Waals surface area contributed by atoms with Gasteiger partial charge in [-0.25, -0.2) is 4.39 Å². The molecule has 0 aliphatic carbocycles. The number of halogens is 1. The second-order valence-electron chi connectivity index (χ2n) is 8.81. The van der Waals surface area contributed by atoms with E-state index in [1.54, 1.807) is 70.7 Å². The average molecular weight is 511 g/mol. The molecule has 36 heavy (non-hydrogen) atoms. The largest absolute Gasteiger partial charge is 0.497 e. The lowest BCUT2D eigenvalue weighted by Gasteiger charge is -2.38. The minimum absolute atomic E-state index is 0.0461. The summed E-state index contributed by atoms with van der Waals surface area (Å²) in [7, 11) is 1.57. The van der Waals surface area contributed by atoms with E-state index in [-0.39, 0.29) is 42.8 Å². The first-order valence-corrected chi connectivity index (χ1v) is 13.0. The Hall–Kier alpha value is -3.39. The molecule has 1 aliphatic heterocycles. The molecule has 0 radical (unpaired) electrons. The van der Waals surface area contributed by atoms with Crippen LogP contribution in [0.5, 0.6) is 11.5 Å². The van der Waals surface area contributed by atoms with Gasteiger partial charge in [-0.1, -0.05) is 19.1 Å². The average Bonchev–Trinajstić information content (AvgIpc) is 3.39. The molecular weight excluding hydrogens is 479 g/mol. The maximum Gasteiger partial charge on any atom is 0.254 e. The number of hydrogen-bond donors (Lipinski definition) is 0. The maximum absolute atomic E-state index is 14.2. The van der Waals surface area contributed by atoms with Crippen molar-refractivity contribution in [1.82, 2.24) is 9.80 Å². The van der Waals surface area contributed by atoms with Crippen molar-refractivity contribution in [3.63, 3.8) is 0 Å². The Kier molecular flexibility index (Phi) is 8.25. The van der Waals surface area contributed by atoms with Gasteiger partial charge in [-0.05, 0) is 73.2 Å². The zero-order valence-corrected chi connectivity index (χ0v) is 21.6. The molecule has 3 aromatic rings. The normalized spacial score (nSPS) is 15.7. The van der Waals surface area contributed by atoms with Crippen LogP contribution in [0.2, 0.25) is 0 Å². The Bertz CT molecular complexity index is 1200. The molecule has 0 unspecified atom stereocenters. The minimum Gasteiger partial charge on any atom is -0.497 e. The number of nitrogens with zero attached hydrogens (tertiary/aromatic N) is 2. The molecule has 2 aromatic carbocycles. The van der Waals surface area contributed by atoms with E-state index in [4.69, 9.17) is 9.47 Å². The number of carbonyl (C=O) groups excluding carboxylic acids is 2. The lowest BCUT2D eigenvalue weighted by molar-refractivity contribution is -0.136. The third-order valence-electron chi connectivity index (χ3n) is 6.67. The highest BCUT2D eigenvalue weighted by Crippen LogP contribution is 2.34. The van der Waals surface area contributed by atoms with Crippen molar-refractivity contribution in [3.8, 4) is 11.5 Å². The van der Waals surface area contributed by atoms with Gasteiger partial charge in [0.1, 0.15) is 18.9 Å². The molecule has 2 amide bonds. The van der Waals surface area contributed by atoms with Gasteiger partial charge in [0, 0.05) is 23.0 Å². The third-order valence-corrected chi connectivity index (χ3v) is 7.67. The van der Waals surface area contributed by atoms with Crippen LogP contribution in [-0.4, -0.2) is 54.5 Å². The van der Waals surface area contributed by atoms with E-state index < -0.39 is 5.82 Å². The molecule has 1 aliphatic rings. The van der Waals surface area contributed by atoms with Gasteiger partial charge in [0.25, 0.3) is 5.91 Å². The first kappa shape index (κ1) is 25.7. The molecule has 1 aromatic heterocycles. The predicted molar refractivity (Wildman–Crippen MR) is 138 cm³/mol. The fraction of sp³-hybridized carbons (Fsp3) is 0.357. The number of thiophene rings is 1. The number of methoxy groups -OCH3 is 1. The van der Waals surface area contributed by atoms with Crippen LogP contribution in [0.3, 0.4) is 0 Å². The van der Waals surface area contributed by atoms with Gasteiger partial charge in [0.05, 0.1) is 13.2 Å². The number of amides is 2. The Balaban J connectivity index is 1.55. The van der Waals surface area contributed by atoms with E-state index in [1.807, 2.05) is 25.3 Å². The second-order valence-corrected chi connectivity index (χ2v) is 9.81. The van der Waals surface area contributed by atoms with Crippen molar-refractivity contribution >= 4 is 23.2 Å². The van der Waals surface area contributed by atoms with Crippen molar-refractivity contribution in [2.45, 2.75) is 38.8 Å². The number of carbonyl (C=O) groups is 2. The van der Waals surface area contributed by atoms with E-state index in [1.165, 1.54) is 10.9 Å². The van der Waals surface area contributed by atoms with Gasteiger partial charge in [0.2, 0.25) is 5.91 Å². The number of hydrogen-bond acceptors (Lipinski definition) is 5. The topological polar surface area (TPSA) is 59.1 Å². The summed E-state index contributed by atoms with van der Waals surface area (Å²) in [5.41, 5.74) is 1.52. The van der Waals surface area contributed by atoms with Crippen molar-refractivity contribution < 1.29 is 23.5 Å². The maximum atomic E-state index is 14.2. The number of para-hydroxylation sites is 1. The van der Waals surface area contributed by atoms with E-state index in [0.717, 1.165) is 12.0 Å². The highest BCUT2D eigenvalue weighted by molar-refractivity contribution is 7.10. The fourth-order valence-corrected chi connectivity index (χ4v) is 5.32. The van der Waals surface area contributed by atoms with E-state index >= 15 is 0 Å². The van der Waals surface area contributed by atoms with Crippen LogP contribution in [0.4, 0.5) is 4.39 Å². The fourth-order valence-electron chi connectivity index (χ4n) is 4.39. The lowest BCUT2D eigenvalue weighted by atomic mass is 10.00. The van der Waals surface area contributed by atoms with Crippen molar-refractivity contribution in [1.29, 1.82) is 0 Å². The Labute approximate surface area is 215 Å². The molecule has 8 heteroatoms. The summed E-state index contributed by atoms with van der Waals surface area (Å²) in [4.78, 5) is 31.7. The molecule has 0 saturated carbocycles. The van der Waals surface area contributed by atoms with Gasteiger partial charge < -0.3 is 19.3 Å². The van der Waals surface area contributed by atoms with E-state index in [2.05, 4.69) is 0 Å². The van der Waals surface area contributed by atoms with Crippen LogP contribution in [0.1, 0.15) is 47.1 Å². The van der Waals surface area contributed by atoms with Gasteiger partial charge >= 0.3 is 0 Å². The molecule has 4 rings (SSSR count). The number of rotatable bonds is 9. The third kappa shape index (κ3) is 5.54. The van der Waals surface area contributed by atoms with Crippen molar-refractivity contribution in [3.05, 3.63) is 81.8 Å². The molecule has 0 saturated heterocycles. The van der Waals surface area contributed by atoms with Crippen LogP contribution >= 0.6 is 11.3 Å². The van der Waals surface area contributed by atoms with E-state index in [9.17, 15) is 14.0 Å². The summed E-state index contributed by atoms with van der Waals surface area (Å²) in [5.74, 6) is 0.0205. The van der Waals surface area contributed by atoms with Crippen molar-refractivity contribution in [2.24, 2.45) is 0 Å². The summed E-state index contributed by atoms with van der Waals surface area (Å²) in [6.45, 7) is 4.54. The monoisotopic (exact) mass is 510 g/mol. The molecule has 190 valence electrons. The zero-order valence-electron chi connectivity index (χ0n) is 20.8. The molecular formula is C28H31FN2O4S. The summed E-state index contributed by atoms with van der Waals surface area (Å²) < 4.78 is 25.2. The zero-order chi connectivity index (χ0) is 25.7. The molecule has 0 fully saturated rings. The summed E-state index contributed by atoms with van der Waals surface area (Å²) in [6.07, 6.45) is 1.45. The van der Waals surface area contributed by atoms with Crippen LogP contribution < -0.4 is 9.47 Å². The molecule has 6 nitrogen and oxygen atoms in total. The molecule has 2 heterocycles. The molecule has 0 spiro atoms. The Morgan fingerprint density at radius 1 is 1.17 bits per heavy atom. The van der Waals surface area contributed by atoms with Crippen LogP contribution in [-0.2, 0) is 11.2 Å². The summed E-state index contributed by atoms with van der Waals surface area (Å²) >= 11 is 1.65. The SMILES string of the molecule is CC[C@@H](C)N(CC(=O)N1CCc2sccc2[C@H]1COc1ccccc1F)C(=O)c1ccc(OC)cc1. The predicted octanol–water partition coefficient (Wildman–Crippen LogP) is 5.34. The molecule has 0 N–H and O–H groups in total. The molecule has 0 bridgehead atoms. The standard InChI is InChI=1S/C28H31FN2O4S/c1-4-19(2)31(28(33)20-9-11-21(34-3)12-10-20)17-27(32)30-15-13-26-22(14-16-36-26)24(30)18-35-25-8-6-5-7-23(25)29/h5-12,14,16,19,24H,4,13,15,17-18H2,1-3H3/t19-,24-/m1/s1. The van der Waals surface area contributed by atoms with E-state index in [0.29, 0.717) is 24.3 Å². The second kappa shape index (κ2) is 11.6. The Morgan fingerprint density at radius 2 is 1.92 bits per heavy atom. The van der Waals surface area contributed by atoms with Crippen LogP contribution in [0.15, 0.2) is 60.0 Å². The van der Waals surface area contributed by atoms with Crippen LogP contribution in [0.25, 0.3) is 0 Å². The quantitative estimate of drug-likeness (QED) is 0.390. The van der Waals surface area contributed by atoms with Crippen molar-refractivity contribution in [2.75, 3.05) is 26.8 Å². The number of benzene rings is 2. The van der Waals surface area contributed by atoms with Gasteiger partial charge in [0.15, 0.2) is 11.6 Å². The highest BCUT2D eigenvalue weighted by Gasteiger charge is 2.34. The number of fused-ring (bicyclic) bond motifs is 1.